The summed E-state index contributed by atoms with van der Waals surface area (Å²) >= 11 is 0. The van der Waals surface area contributed by atoms with Crippen LogP contribution < -0.4 is 53.6 Å². The molecule has 29 nitrogen and oxygen atoms in total. The SMILES string of the molecule is CC[C@H](C)[C@H](NC(=O)[C@@H](NC(=O)CC(O)[C@H](CC(C)C)NC(=O)[C@H](Cc1cnc[nH]1)NC(=O)[C@H](Cc1ccccc1)NC(=O)[C@@H]1CCCN1C(=O)[C@H](Cc1cnc[nH]1)NC(=O)[C@@H]1CCCN1)C(C)C)C(=O)N[C@@H](Cc1cnc[nH]1)C(=O)N[C@@H](CCCCN)C(=O)O. The van der Waals surface area contributed by atoms with Crippen molar-refractivity contribution in [3.05, 3.63) is 90.5 Å². The van der Waals surface area contributed by atoms with Crippen molar-refractivity contribution in [2.24, 2.45) is 23.5 Å². The normalized spacial score (nSPS) is 18.1. The fourth-order valence-corrected chi connectivity index (χ4v) is 11.2. The van der Waals surface area contributed by atoms with Crippen LogP contribution in [0.2, 0.25) is 0 Å². The third kappa shape index (κ3) is 22.1. The molecular weight excluding hydrogens is 1170 g/mol. The number of H-pyrrole nitrogens is 3. The predicted molar refractivity (Wildman–Crippen MR) is 333 cm³/mol. The van der Waals surface area contributed by atoms with E-state index >= 15 is 0 Å². The smallest absolute Gasteiger partial charge is 0.326 e. The van der Waals surface area contributed by atoms with Gasteiger partial charge in [-0.05, 0) is 87.8 Å². The van der Waals surface area contributed by atoms with Crippen LogP contribution in [-0.2, 0) is 73.6 Å². The van der Waals surface area contributed by atoms with Crippen LogP contribution in [0.4, 0.5) is 0 Å². The van der Waals surface area contributed by atoms with E-state index in [4.69, 9.17) is 5.73 Å². The Morgan fingerprint density at radius 2 is 1.18 bits per heavy atom. The molecule has 1 aromatic carbocycles. The second-order valence-electron chi connectivity index (χ2n) is 24.5. The number of aliphatic hydroxyl groups excluding tert-OH is 1. The van der Waals surface area contributed by atoms with E-state index in [1.807, 2.05) is 13.8 Å². The summed E-state index contributed by atoms with van der Waals surface area (Å²) in [5.74, 6) is -8.45. The Morgan fingerprint density at radius 1 is 0.626 bits per heavy atom. The minimum absolute atomic E-state index is 0.0198. The number of hydrogen-bond acceptors (Lipinski definition) is 16. The van der Waals surface area contributed by atoms with E-state index in [2.05, 4.69) is 77.8 Å². The number of aromatic amines is 3. The molecule has 0 spiro atoms. The molecule has 29 heteroatoms. The van der Waals surface area contributed by atoms with Crippen molar-refractivity contribution in [1.82, 2.24) is 82.7 Å². The predicted octanol–water partition coefficient (Wildman–Crippen LogP) is -0.539. The van der Waals surface area contributed by atoms with Gasteiger partial charge in [0.1, 0.15) is 48.3 Å². The number of imidazole rings is 3. The number of nitrogens with zero attached hydrogens (tertiary/aromatic N) is 4. The van der Waals surface area contributed by atoms with Crippen molar-refractivity contribution >= 4 is 59.1 Å². The molecule has 0 radical (unpaired) electrons. The van der Waals surface area contributed by atoms with Crippen LogP contribution in [0.1, 0.15) is 128 Å². The zero-order valence-electron chi connectivity index (χ0n) is 52.8. The van der Waals surface area contributed by atoms with Crippen LogP contribution >= 0.6 is 0 Å². The maximum absolute atomic E-state index is 14.8. The van der Waals surface area contributed by atoms with Crippen molar-refractivity contribution in [2.75, 3.05) is 19.6 Å². The Bertz CT molecular complexity index is 2980. The number of aromatic nitrogens is 6. The topological polar surface area (TPSA) is 435 Å². The molecule has 91 heavy (non-hydrogen) atoms. The lowest BCUT2D eigenvalue weighted by Gasteiger charge is -2.31. The Morgan fingerprint density at radius 3 is 1.70 bits per heavy atom. The minimum atomic E-state index is -1.54. The van der Waals surface area contributed by atoms with Crippen LogP contribution in [0.15, 0.2) is 67.9 Å². The second-order valence-corrected chi connectivity index (χ2v) is 24.5. The molecule has 1 unspecified atom stereocenters. The van der Waals surface area contributed by atoms with Gasteiger partial charge in [-0.15, -0.1) is 0 Å². The van der Waals surface area contributed by atoms with Crippen LogP contribution in [0, 0.1) is 17.8 Å². The van der Waals surface area contributed by atoms with Crippen molar-refractivity contribution < 1.29 is 58.2 Å². The number of carbonyl (C=O) groups is 10. The molecule has 2 aliphatic heterocycles. The van der Waals surface area contributed by atoms with Gasteiger partial charge in [0.25, 0.3) is 0 Å². The molecule has 3 aromatic heterocycles. The number of unbranched alkanes of at least 4 members (excludes halogenated alkanes) is 1. The van der Waals surface area contributed by atoms with Crippen LogP contribution in [0.25, 0.3) is 0 Å². The first-order chi connectivity index (χ1) is 43.5. The number of carboxylic acid groups (broad SMARTS) is 1. The average molecular weight is 1270 g/mol. The Kier molecular flexibility index (Phi) is 28.1. The first-order valence-corrected chi connectivity index (χ1v) is 31.6. The van der Waals surface area contributed by atoms with Crippen molar-refractivity contribution in [1.29, 1.82) is 0 Å². The zero-order chi connectivity index (χ0) is 66.1. The number of nitrogens with two attached hydrogens (primary N) is 1. The largest absolute Gasteiger partial charge is 0.480 e. The van der Waals surface area contributed by atoms with Gasteiger partial charge >= 0.3 is 5.97 Å². The molecule has 0 bridgehead atoms. The van der Waals surface area contributed by atoms with E-state index in [9.17, 15) is 58.2 Å². The van der Waals surface area contributed by atoms with Crippen LogP contribution in [-0.4, -0.2) is 190 Å². The Hall–Kier alpha value is -8.57. The highest BCUT2D eigenvalue weighted by molar-refractivity contribution is 5.98. The van der Waals surface area contributed by atoms with E-state index in [0.717, 1.165) is 6.42 Å². The Balaban J connectivity index is 1.15. The summed E-state index contributed by atoms with van der Waals surface area (Å²) in [6.07, 6.45) is 10.2. The van der Waals surface area contributed by atoms with E-state index < -0.39 is 138 Å². The molecule has 9 amide bonds. The number of likely N-dealkylation sites (tertiary alicyclic amines) is 1. The minimum Gasteiger partial charge on any atom is -0.480 e. The van der Waals surface area contributed by atoms with Gasteiger partial charge in [-0.2, -0.15) is 0 Å². The standard InChI is InChI=1S/C62H93N17O12/c1-7-37(6)53(60(88)75-47(26-40-30-65-33-69-40)56(84)71-43(62(90)91)17-11-12-20-63)78-59(87)52(36(4)5)77-51(81)28-50(80)44(23-35(2)3)72-57(85)46(25-39-29-64-32-68-39)73-55(83)45(24-38-15-9-8-10-16-38)74-58(86)49-19-14-22-79(49)61(89)48(27-41-31-66-34-70-41)76-54(82)42-18-13-21-67-42/h8-10,15-16,29-37,42-50,52-53,67,80H,7,11-14,17-28,63H2,1-6H3,(H,64,68)(H,65,69)(H,66,70)(H,71,84)(H,72,85)(H,73,83)(H,74,86)(H,75,88)(H,76,82)(H,77,81)(H,78,87)(H,90,91)/t37-,42-,43-,44-,45-,46-,47-,48-,49-,50?,52-,53-/m0/s1. The molecule has 12 atom stereocenters. The number of benzene rings is 1. The highest BCUT2D eigenvalue weighted by Crippen LogP contribution is 2.22. The summed E-state index contributed by atoms with van der Waals surface area (Å²) in [7, 11) is 0. The summed E-state index contributed by atoms with van der Waals surface area (Å²) in [6.45, 7) is 11.8. The van der Waals surface area contributed by atoms with Crippen molar-refractivity contribution in [3.63, 3.8) is 0 Å². The first kappa shape index (κ1) is 71.5. The molecule has 2 aliphatic rings. The Labute approximate surface area is 529 Å². The fourth-order valence-electron chi connectivity index (χ4n) is 11.2. The van der Waals surface area contributed by atoms with Gasteiger partial charge in [-0.25, -0.2) is 19.7 Å². The van der Waals surface area contributed by atoms with Crippen molar-refractivity contribution in [2.45, 2.75) is 198 Å². The van der Waals surface area contributed by atoms with E-state index in [1.54, 1.807) is 64.2 Å². The van der Waals surface area contributed by atoms with E-state index in [0.29, 0.717) is 67.8 Å². The number of rotatable bonds is 37. The summed E-state index contributed by atoms with van der Waals surface area (Å²) in [5.41, 5.74) is 7.79. The molecule has 5 heterocycles. The molecule has 0 saturated carbocycles. The van der Waals surface area contributed by atoms with Gasteiger partial charge in [0.15, 0.2) is 0 Å². The van der Waals surface area contributed by atoms with Gasteiger partial charge < -0.3 is 83.6 Å². The highest BCUT2D eigenvalue weighted by Gasteiger charge is 2.41. The summed E-state index contributed by atoms with van der Waals surface area (Å²) in [5, 5.41) is 47.1. The quantitative estimate of drug-likeness (QED) is 0.0252. The van der Waals surface area contributed by atoms with Gasteiger partial charge in [0.05, 0.1) is 43.6 Å². The lowest BCUT2D eigenvalue weighted by atomic mass is 9.95. The summed E-state index contributed by atoms with van der Waals surface area (Å²) < 4.78 is 0. The zero-order valence-corrected chi connectivity index (χ0v) is 52.8. The molecule has 6 rings (SSSR count). The first-order valence-electron chi connectivity index (χ1n) is 31.6. The number of carboxylic acids is 1. The monoisotopic (exact) mass is 1270 g/mol. The third-order valence-electron chi connectivity index (χ3n) is 16.5. The number of carbonyl (C=O) groups excluding carboxylic acids is 9. The summed E-state index contributed by atoms with van der Waals surface area (Å²) in [6, 6.07) is -2.40. The van der Waals surface area contributed by atoms with Crippen LogP contribution in [0.5, 0.6) is 0 Å². The number of amides is 9. The maximum atomic E-state index is 14.8. The van der Waals surface area contributed by atoms with Gasteiger partial charge in [-0.3, -0.25) is 43.2 Å². The van der Waals surface area contributed by atoms with Gasteiger partial charge in [0, 0.05) is 67.9 Å². The average Bonchev–Trinajstić information content (AvgIpc) is 2.00. The maximum Gasteiger partial charge on any atom is 0.326 e. The molecular formula is C62H93N17O12. The van der Waals surface area contributed by atoms with Crippen molar-refractivity contribution in [3.8, 4) is 0 Å². The van der Waals surface area contributed by atoms with Crippen LogP contribution in [0.3, 0.4) is 0 Å². The number of aliphatic hydroxyl groups is 1. The number of aliphatic carboxylic acids is 1. The fraction of sp³-hybridized carbons (Fsp3) is 0.597. The van der Waals surface area contributed by atoms with E-state index in [-0.39, 0.29) is 63.3 Å². The summed E-state index contributed by atoms with van der Waals surface area (Å²) in [4.78, 5) is 163. The van der Waals surface area contributed by atoms with E-state index in [1.165, 1.54) is 36.3 Å². The molecule has 2 saturated heterocycles. The molecule has 16 N–H and O–H groups in total. The molecule has 4 aromatic rings. The lowest BCUT2D eigenvalue weighted by molar-refractivity contribution is -0.142. The van der Waals surface area contributed by atoms with Gasteiger partial charge in [0.2, 0.25) is 53.2 Å². The lowest BCUT2D eigenvalue weighted by Crippen LogP contribution is -2.60. The third-order valence-corrected chi connectivity index (χ3v) is 16.5. The molecule has 0 aliphatic carbocycles. The second kappa shape index (κ2) is 35.7. The number of nitrogens with one attached hydrogen (secondary N) is 12. The highest BCUT2D eigenvalue weighted by atomic mass is 16.4. The molecule has 2 fully saturated rings. The molecule has 498 valence electrons. The number of hydrogen-bond donors (Lipinski definition) is 15. The van der Waals surface area contributed by atoms with Gasteiger partial charge in [-0.1, -0.05) is 78.3 Å².